The molecule has 0 amide bonds. The second kappa shape index (κ2) is 6.03. The van der Waals surface area contributed by atoms with E-state index < -0.39 is 0 Å². The normalized spacial score (nSPS) is 11.6. The van der Waals surface area contributed by atoms with Crippen LogP contribution in [0.2, 0.25) is 0 Å². The molecule has 2 nitrogen and oxygen atoms in total. The molecular formula is C12H17Br2NO. The number of halogens is 2. The first-order valence-electron chi connectivity index (χ1n) is 5.19. The Morgan fingerprint density at radius 2 is 1.81 bits per heavy atom. The number of rotatable bonds is 5. The second-order valence-electron chi connectivity index (χ2n) is 4.24. The first kappa shape index (κ1) is 14.0. The summed E-state index contributed by atoms with van der Waals surface area (Å²) in [6.45, 7) is 5.05. The Balaban J connectivity index is 2.56. The van der Waals surface area contributed by atoms with Crippen LogP contribution in [-0.2, 0) is 4.74 Å². The van der Waals surface area contributed by atoms with E-state index in [0.29, 0.717) is 0 Å². The van der Waals surface area contributed by atoms with Crippen molar-refractivity contribution in [2.24, 2.45) is 0 Å². The molecule has 90 valence electrons. The SMILES string of the molecule is COC(C)(C)CCNc1c(Br)cccc1Br. The van der Waals surface area contributed by atoms with Crippen LogP contribution in [0.3, 0.4) is 0 Å². The summed E-state index contributed by atoms with van der Waals surface area (Å²) in [4.78, 5) is 0. The Bertz CT molecular complexity index is 333. The zero-order chi connectivity index (χ0) is 12.2. The summed E-state index contributed by atoms with van der Waals surface area (Å²) in [6, 6.07) is 6.04. The molecule has 0 aliphatic carbocycles. The summed E-state index contributed by atoms with van der Waals surface area (Å²) < 4.78 is 7.51. The van der Waals surface area contributed by atoms with Crippen LogP contribution < -0.4 is 5.32 Å². The van der Waals surface area contributed by atoms with Crippen LogP contribution in [0.25, 0.3) is 0 Å². The highest BCUT2D eigenvalue weighted by molar-refractivity contribution is 9.11. The molecule has 4 heteroatoms. The summed E-state index contributed by atoms with van der Waals surface area (Å²) in [5, 5.41) is 3.40. The minimum atomic E-state index is -0.0826. The van der Waals surface area contributed by atoms with E-state index in [2.05, 4.69) is 51.0 Å². The van der Waals surface area contributed by atoms with Gasteiger partial charge in [0.1, 0.15) is 0 Å². The minimum Gasteiger partial charge on any atom is -0.383 e. The van der Waals surface area contributed by atoms with Gasteiger partial charge in [0.25, 0.3) is 0 Å². The number of hydrogen-bond donors (Lipinski definition) is 1. The van der Waals surface area contributed by atoms with Gasteiger partial charge >= 0.3 is 0 Å². The van der Waals surface area contributed by atoms with E-state index in [9.17, 15) is 0 Å². The Morgan fingerprint density at radius 3 is 2.31 bits per heavy atom. The van der Waals surface area contributed by atoms with E-state index in [1.807, 2.05) is 18.2 Å². The van der Waals surface area contributed by atoms with E-state index >= 15 is 0 Å². The second-order valence-corrected chi connectivity index (χ2v) is 5.95. The van der Waals surface area contributed by atoms with Gasteiger partial charge in [-0.15, -0.1) is 0 Å². The van der Waals surface area contributed by atoms with Crippen molar-refractivity contribution >= 4 is 37.5 Å². The van der Waals surface area contributed by atoms with Crippen LogP contribution in [-0.4, -0.2) is 19.3 Å². The number of methoxy groups -OCH3 is 1. The van der Waals surface area contributed by atoms with Crippen molar-refractivity contribution in [2.75, 3.05) is 19.0 Å². The van der Waals surface area contributed by atoms with E-state index in [1.54, 1.807) is 7.11 Å². The first-order chi connectivity index (χ1) is 7.46. The number of hydrogen-bond acceptors (Lipinski definition) is 2. The highest BCUT2D eigenvalue weighted by atomic mass is 79.9. The van der Waals surface area contributed by atoms with Crippen molar-refractivity contribution < 1.29 is 4.74 Å². The molecule has 1 N–H and O–H groups in total. The number of para-hydroxylation sites is 1. The summed E-state index contributed by atoms with van der Waals surface area (Å²) >= 11 is 7.04. The molecule has 0 aliphatic heterocycles. The summed E-state index contributed by atoms with van der Waals surface area (Å²) in [7, 11) is 1.74. The smallest absolute Gasteiger partial charge is 0.0639 e. The fourth-order valence-corrected chi connectivity index (χ4v) is 2.54. The van der Waals surface area contributed by atoms with E-state index in [4.69, 9.17) is 4.74 Å². The fraction of sp³-hybridized carbons (Fsp3) is 0.500. The van der Waals surface area contributed by atoms with Crippen molar-refractivity contribution in [1.29, 1.82) is 0 Å². The van der Waals surface area contributed by atoms with Crippen molar-refractivity contribution in [2.45, 2.75) is 25.9 Å². The molecule has 1 aromatic carbocycles. The van der Waals surface area contributed by atoms with Gasteiger partial charge in [-0.05, 0) is 64.3 Å². The zero-order valence-electron chi connectivity index (χ0n) is 9.81. The molecule has 0 bridgehead atoms. The topological polar surface area (TPSA) is 21.3 Å². The predicted octanol–water partition coefficient (Wildman–Crippen LogP) is 4.44. The Labute approximate surface area is 114 Å². The summed E-state index contributed by atoms with van der Waals surface area (Å²) in [5.74, 6) is 0. The van der Waals surface area contributed by atoms with Crippen LogP contribution >= 0.6 is 31.9 Å². The van der Waals surface area contributed by atoms with Crippen molar-refractivity contribution in [3.63, 3.8) is 0 Å². The standard InChI is InChI=1S/C12H17Br2NO/c1-12(2,16-3)7-8-15-11-9(13)5-4-6-10(11)14/h4-6,15H,7-8H2,1-3H3. The molecular weight excluding hydrogens is 334 g/mol. The molecule has 0 heterocycles. The van der Waals surface area contributed by atoms with Gasteiger partial charge in [0.15, 0.2) is 0 Å². The van der Waals surface area contributed by atoms with Crippen molar-refractivity contribution in [1.82, 2.24) is 0 Å². The quantitative estimate of drug-likeness (QED) is 0.847. The van der Waals surface area contributed by atoms with Crippen molar-refractivity contribution in [3.8, 4) is 0 Å². The molecule has 16 heavy (non-hydrogen) atoms. The van der Waals surface area contributed by atoms with Crippen LogP contribution in [0.4, 0.5) is 5.69 Å². The number of benzene rings is 1. The van der Waals surface area contributed by atoms with Gasteiger partial charge in [0, 0.05) is 22.6 Å². The van der Waals surface area contributed by atoms with Gasteiger partial charge < -0.3 is 10.1 Å². The molecule has 0 unspecified atom stereocenters. The lowest BCUT2D eigenvalue weighted by molar-refractivity contribution is 0.0185. The monoisotopic (exact) mass is 349 g/mol. The Kier molecular flexibility index (Phi) is 5.28. The molecule has 0 fully saturated rings. The highest BCUT2D eigenvalue weighted by Gasteiger charge is 2.15. The van der Waals surface area contributed by atoms with Gasteiger partial charge in [-0.3, -0.25) is 0 Å². The molecule has 0 aliphatic rings. The molecule has 0 saturated carbocycles. The third-order valence-corrected chi connectivity index (χ3v) is 3.87. The summed E-state index contributed by atoms with van der Waals surface area (Å²) in [5.41, 5.74) is 1.01. The van der Waals surface area contributed by atoms with Gasteiger partial charge in [-0.1, -0.05) is 6.07 Å². The Hall–Kier alpha value is -0.0600. The maximum Gasteiger partial charge on any atom is 0.0639 e. The van der Waals surface area contributed by atoms with Crippen molar-refractivity contribution in [3.05, 3.63) is 27.1 Å². The molecule has 0 saturated heterocycles. The van der Waals surface area contributed by atoms with Crippen LogP contribution in [0.5, 0.6) is 0 Å². The van der Waals surface area contributed by atoms with Crippen LogP contribution in [0, 0.1) is 0 Å². The highest BCUT2D eigenvalue weighted by Crippen LogP contribution is 2.30. The molecule has 1 rings (SSSR count). The first-order valence-corrected chi connectivity index (χ1v) is 6.78. The predicted molar refractivity (Wildman–Crippen MR) is 76.0 cm³/mol. The molecule has 1 aromatic rings. The lowest BCUT2D eigenvalue weighted by atomic mass is 10.1. The number of anilines is 1. The van der Waals surface area contributed by atoms with E-state index in [-0.39, 0.29) is 5.60 Å². The number of ether oxygens (including phenoxy) is 1. The average molecular weight is 351 g/mol. The third-order valence-electron chi connectivity index (χ3n) is 2.54. The van der Waals surface area contributed by atoms with Gasteiger partial charge in [0.05, 0.1) is 11.3 Å². The van der Waals surface area contributed by atoms with Gasteiger partial charge in [0.2, 0.25) is 0 Å². The van der Waals surface area contributed by atoms with Gasteiger partial charge in [-0.25, -0.2) is 0 Å². The zero-order valence-corrected chi connectivity index (χ0v) is 13.0. The maximum atomic E-state index is 5.37. The average Bonchev–Trinajstić information content (AvgIpc) is 2.22. The maximum absolute atomic E-state index is 5.37. The largest absolute Gasteiger partial charge is 0.383 e. The van der Waals surface area contributed by atoms with Crippen LogP contribution in [0.15, 0.2) is 27.1 Å². The van der Waals surface area contributed by atoms with E-state index in [0.717, 1.165) is 27.6 Å². The number of nitrogens with one attached hydrogen (secondary N) is 1. The minimum absolute atomic E-state index is 0.0826. The molecule has 0 spiro atoms. The van der Waals surface area contributed by atoms with Crippen LogP contribution in [0.1, 0.15) is 20.3 Å². The van der Waals surface area contributed by atoms with E-state index in [1.165, 1.54) is 0 Å². The third kappa shape index (κ3) is 4.07. The Morgan fingerprint density at radius 1 is 1.25 bits per heavy atom. The fourth-order valence-electron chi connectivity index (χ4n) is 1.26. The molecule has 0 aromatic heterocycles. The molecule has 0 radical (unpaired) electrons. The summed E-state index contributed by atoms with van der Waals surface area (Å²) in [6.07, 6.45) is 0.956. The molecule has 0 atom stereocenters. The lowest BCUT2D eigenvalue weighted by Gasteiger charge is -2.23. The van der Waals surface area contributed by atoms with Gasteiger partial charge in [-0.2, -0.15) is 0 Å². The lowest BCUT2D eigenvalue weighted by Crippen LogP contribution is -2.25.